The van der Waals surface area contributed by atoms with Crippen molar-refractivity contribution in [3.05, 3.63) is 18.7 Å². The molecule has 0 saturated carbocycles. The van der Waals surface area contributed by atoms with Gasteiger partial charge in [-0.2, -0.15) is 0 Å². The lowest BCUT2D eigenvalue weighted by Crippen LogP contribution is -2.31. The van der Waals surface area contributed by atoms with E-state index in [2.05, 4.69) is 16.2 Å². The van der Waals surface area contributed by atoms with Crippen molar-refractivity contribution < 1.29 is 4.79 Å². The highest BCUT2D eigenvalue weighted by Crippen LogP contribution is 1.91. The third-order valence-electron chi connectivity index (χ3n) is 1.78. The number of carbonyl (C=O) groups excluding carboxylic acids is 1. The van der Waals surface area contributed by atoms with Gasteiger partial charge in [0.2, 0.25) is 5.91 Å². The fourth-order valence-electron chi connectivity index (χ4n) is 1.00. The monoisotopic (exact) mass is 191 g/mol. The molecule has 1 N–H and O–H groups in total. The maximum Gasteiger partial charge on any atom is 0.222 e. The van der Waals surface area contributed by atoms with E-state index in [0.717, 1.165) is 0 Å². The molecule has 0 spiro atoms. The van der Waals surface area contributed by atoms with Crippen LogP contribution >= 0.6 is 0 Å². The molecule has 4 heteroatoms. The van der Waals surface area contributed by atoms with E-state index >= 15 is 0 Å². The second kappa shape index (κ2) is 5.07. The predicted octanol–water partition coefficient (Wildman–Crippen LogP) is 0.411. The molecule has 74 valence electrons. The van der Waals surface area contributed by atoms with Crippen molar-refractivity contribution in [1.29, 1.82) is 0 Å². The third kappa shape index (κ3) is 3.31. The molecule has 0 aliphatic carbocycles. The standard InChI is InChI=1S/C10H13N3O/c1-3-9(2)12-10(14)4-6-13-7-5-11-8-13/h1,5,7-9H,4,6H2,2H3,(H,12,14). The van der Waals surface area contributed by atoms with Crippen molar-refractivity contribution in [1.82, 2.24) is 14.9 Å². The lowest BCUT2D eigenvalue weighted by molar-refractivity contribution is -0.121. The van der Waals surface area contributed by atoms with Crippen molar-refractivity contribution in [2.75, 3.05) is 0 Å². The summed E-state index contributed by atoms with van der Waals surface area (Å²) in [5, 5.41) is 2.68. The van der Waals surface area contributed by atoms with Crippen LogP contribution in [0.4, 0.5) is 0 Å². The van der Waals surface area contributed by atoms with Gasteiger partial charge in [-0.3, -0.25) is 4.79 Å². The van der Waals surface area contributed by atoms with Crippen LogP contribution in [0.3, 0.4) is 0 Å². The largest absolute Gasteiger partial charge is 0.343 e. The Morgan fingerprint density at radius 2 is 2.57 bits per heavy atom. The molecule has 1 aromatic rings. The van der Waals surface area contributed by atoms with Crippen molar-refractivity contribution in [3.8, 4) is 12.3 Å². The molecule has 1 amide bonds. The van der Waals surface area contributed by atoms with Gasteiger partial charge in [-0.15, -0.1) is 6.42 Å². The normalized spacial score (nSPS) is 11.7. The summed E-state index contributed by atoms with van der Waals surface area (Å²) in [6, 6.07) is -0.203. The molecular weight excluding hydrogens is 178 g/mol. The van der Waals surface area contributed by atoms with E-state index in [1.807, 2.05) is 10.8 Å². The van der Waals surface area contributed by atoms with Crippen LogP contribution < -0.4 is 5.32 Å². The summed E-state index contributed by atoms with van der Waals surface area (Å²) in [5.41, 5.74) is 0. The average Bonchev–Trinajstić information content (AvgIpc) is 2.67. The molecule has 1 unspecified atom stereocenters. The maximum atomic E-state index is 11.3. The first-order valence-corrected chi connectivity index (χ1v) is 4.43. The number of amides is 1. The van der Waals surface area contributed by atoms with Gasteiger partial charge in [-0.05, 0) is 6.92 Å². The number of hydrogen-bond acceptors (Lipinski definition) is 2. The van der Waals surface area contributed by atoms with Gasteiger partial charge in [0.25, 0.3) is 0 Å². The van der Waals surface area contributed by atoms with Crippen LogP contribution in [0.1, 0.15) is 13.3 Å². The smallest absolute Gasteiger partial charge is 0.222 e. The highest BCUT2D eigenvalue weighted by molar-refractivity contribution is 5.76. The van der Waals surface area contributed by atoms with E-state index in [1.165, 1.54) is 0 Å². The first-order chi connectivity index (χ1) is 6.72. The van der Waals surface area contributed by atoms with E-state index < -0.39 is 0 Å². The van der Waals surface area contributed by atoms with E-state index in [4.69, 9.17) is 6.42 Å². The summed E-state index contributed by atoms with van der Waals surface area (Å²) in [7, 11) is 0. The zero-order chi connectivity index (χ0) is 10.4. The first kappa shape index (κ1) is 10.3. The van der Waals surface area contributed by atoms with Crippen LogP contribution in [-0.4, -0.2) is 21.5 Å². The SMILES string of the molecule is C#CC(C)NC(=O)CCn1ccnc1. The van der Waals surface area contributed by atoms with E-state index in [1.54, 1.807) is 19.4 Å². The molecule has 0 aromatic carbocycles. The van der Waals surface area contributed by atoms with E-state index in [9.17, 15) is 4.79 Å². The number of aryl methyl sites for hydroxylation is 1. The number of rotatable bonds is 4. The molecule has 14 heavy (non-hydrogen) atoms. The average molecular weight is 191 g/mol. The first-order valence-electron chi connectivity index (χ1n) is 4.43. The van der Waals surface area contributed by atoms with E-state index in [-0.39, 0.29) is 11.9 Å². The van der Waals surface area contributed by atoms with E-state index in [0.29, 0.717) is 13.0 Å². The zero-order valence-electron chi connectivity index (χ0n) is 8.10. The van der Waals surface area contributed by atoms with Crippen molar-refractivity contribution in [2.45, 2.75) is 25.9 Å². The fraction of sp³-hybridized carbons (Fsp3) is 0.400. The van der Waals surface area contributed by atoms with Crippen molar-refractivity contribution in [3.63, 3.8) is 0 Å². The number of imidazole rings is 1. The number of nitrogens with zero attached hydrogens (tertiary/aromatic N) is 2. The Labute approximate surface area is 83.3 Å². The summed E-state index contributed by atoms with van der Waals surface area (Å²) in [5.74, 6) is 2.40. The van der Waals surface area contributed by atoms with Crippen LogP contribution in [0.5, 0.6) is 0 Å². The topological polar surface area (TPSA) is 46.9 Å². The van der Waals surface area contributed by atoms with Gasteiger partial charge in [0.1, 0.15) is 0 Å². The van der Waals surface area contributed by atoms with Gasteiger partial charge < -0.3 is 9.88 Å². The second-order valence-electron chi connectivity index (χ2n) is 3.01. The minimum absolute atomic E-state index is 0.0378. The van der Waals surface area contributed by atoms with Gasteiger partial charge in [0.15, 0.2) is 0 Å². The van der Waals surface area contributed by atoms with Gasteiger partial charge in [0.05, 0.1) is 12.4 Å². The predicted molar refractivity (Wildman–Crippen MR) is 53.3 cm³/mol. The van der Waals surface area contributed by atoms with Crippen LogP contribution in [0.2, 0.25) is 0 Å². The Morgan fingerprint density at radius 3 is 3.14 bits per heavy atom. The highest BCUT2D eigenvalue weighted by atomic mass is 16.1. The van der Waals surface area contributed by atoms with Crippen molar-refractivity contribution in [2.24, 2.45) is 0 Å². The molecule has 0 saturated heterocycles. The van der Waals surface area contributed by atoms with Gasteiger partial charge in [0, 0.05) is 25.4 Å². The molecule has 0 fully saturated rings. The molecule has 0 aliphatic rings. The molecule has 1 atom stereocenters. The number of hydrogen-bond donors (Lipinski definition) is 1. The summed E-state index contributed by atoms with van der Waals surface area (Å²) in [6.45, 7) is 2.40. The lowest BCUT2D eigenvalue weighted by Gasteiger charge is -2.07. The lowest BCUT2D eigenvalue weighted by atomic mass is 10.3. The zero-order valence-corrected chi connectivity index (χ0v) is 8.10. The molecule has 0 radical (unpaired) electrons. The number of carbonyl (C=O) groups is 1. The maximum absolute atomic E-state index is 11.3. The Balaban J connectivity index is 2.26. The molecule has 1 aromatic heterocycles. The van der Waals surface area contributed by atoms with Crippen LogP contribution in [0.25, 0.3) is 0 Å². The molecule has 4 nitrogen and oxygen atoms in total. The quantitative estimate of drug-likeness (QED) is 0.701. The van der Waals surface area contributed by atoms with Gasteiger partial charge in [-0.25, -0.2) is 4.98 Å². The Bertz CT molecular complexity index is 324. The highest BCUT2D eigenvalue weighted by Gasteiger charge is 2.03. The van der Waals surface area contributed by atoms with Crippen LogP contribution in [-0.2, 0) is 11.3 Å². The Kier molecular flexibility index (Phi) is 3.74. The summed E-state index contributed by atoms with van der Waals surface area (Å²) >= 11 is 0. The van der Waals surface area contributed by atoms with Crippen LogP contribution in [0, 0.1) is 12.3 Å². The number of aromatic nitrogens is 2. The second-order valence-corrected chi connectivity index (χ2v) is 3.01. The summed E-state index contributed by atoms with van der Waals surface area (Å²) < 4.78 is 1.85. The van der Waals surface area contributed by atoms with Gasteiger partial charge >= 0.3 is 0 Å². The Morgan fingerprint density at radius 1 is 1.79 bits per heavy atom. The molecular formula is C10H13N3O. The molecule has 1 heterocycles. The Hall–Kier alpha value is -1.76. The van der Waals surface area contributed by atoms with Crippen molar-refractivity contribution >= 4 is 5.91 Å². The fourth-order valence-corrected chi connectivity index (χ4v) is 1.00. The molecule has 0 bridgehead atoms. The van der Waals surface area contributed by atoms with Crippen LogP contribution in [0.15, 0.2) is 18.7 Å². The minimum Gasteiger partial charge on any atom is -0.343 e. The number of nitrogens with one attached hydrogen (secondary N) is 1. The minimum atomic E-state index is -0.203. The summed E-state index contributed by atoms with van der Waals surface area (Å²) in [4.78, 5) is 15.1. The summed E-state index contributed by atoms with van der Waals surface area (Å²) in [6.07, 6.45) is 10.7. The number of terminal acetylenes is 1. The third-order valence-corrected chi connectivity index (χ3v) is 1.78. The molecule has 1 rings (SSSR count). The van der Waals surface area contributed by atoms with Gasteiger partial charge in [-0.1, -0.05) is 5.92 Å². The molecule has 0 aliphatic heterocycles.